The molecule has 1 fully saturated rings. The second kappa shape index (κ2) is 8.52. The van der Waals surface area contributed by atoms with Crippen LogP contribution in [0.4, 0.5) is 13.2 Å². The largest absolute Gasteiger partial charge is 0.455 e. The summed E-state index contributed by atoms with van der Waals surface area (Å²) in [5, 5.41) is 2.99. The van der Waals surface area contributed by atoms with E-state index in [1.165, 1.54) is 0 Å². The van der Waals surface area contributed by atoms with E-state index < -0.39 is 43.6 Å². The first-order chi connectivity index (χ1) is 14.0. The maximum atomic E-state index is 13.0. The van der Waals surface area contributed by atoms with Crippen LogP contribution in [0.2, 0.25) is 5.02 Å². The number of sulfonamides is 1. The third-order valence-corrected chi connectivity index (χ3v) is 6.80. The van der Waals surface area contributed by atoms with Crippen LogP contribution in [-0.4, -0.2) is 41.9 Å². The molecule has 2 heterocycles. The smallest absolute Gasteiger partial charge is 0.417 e. The van der Waals surface area contributed by atoms with E-state index in [1.807, 2.05) is 0 Å². The molecule has 3 rings (SSSR count). The van der Waals surface area contributed by atoms with Crippen molar-refractivity contribution < 1.29 is 35.6 Å². The summed E-state index contributed by atoms with van der Waals surface area (Å²) in [5.74, 6) is -0.537. The molecule has 164 valence electrons. The lowest BCUT2D eigenvalue weighted by Gasteiger charge is -2.30. The van der Waals surface area contributed by atoms with Crippen LogP contribution in [0.1, 0.15) is 30.1 Å². The van der Waals surface area contributed by atoms with Crippen LogP contribution in [0.25, 0.3) is 0 Å². The first-order valence-corrected chi connectivity index (χ1v) is 10.6. The number of aryl methyl sites for hydroxylation is 1. The molecule has 0 unspecified atom stereocenters. The molecule has 1 aliphatic rings. The number of carbonyl (C=O) groups is 1. The number of aromatic nitrogens is 2. The molecule has 0 aliphatic carbocycles. The quantitative estimate of drug-likeness (QED) is 0.622. The summed E-state index contributed by atoms with van der Waals surface area (Å²) in [6.07, 6.45) is -4.45. The summed E-state index contributed by atoms with van der Waals surface area (Å²) in [5.41, 5.74) is -1.22. The number of carbonyl (C=O) groups excluding carboxylic acids is 1. The Hall–Kier alpha value is -2.18. The Kier molecular flexibility index (Phi) is 6.39. The number of piperidine rings is 1. The molecule has 13 heteroatoms. The van der Waals surface area contributed by atoms with Crippen molar-refractivity contribution in [2.45, 2.75) is 37.4 Å². The predicted molar refractivity (Wildman–Crippen MR) is 96.8 cm³/mol. The average molecular weight is 468 g/mol. The average Bonchev–Trinajstić information content (AvgIpc) is 3.10. The predicted octanol–water partition coefficient (Wildman–Crippen LogP) is 3.19. The molecular formula is C17H17ClF3N3O5S. The van der Waals surface area contributed by atoms with E-state index in [2.05, 4.69) is 10.1 Å². The van der Waals surface area contributed by atoms with Gasteiger partial charge in [-0.05, 0) is 38.0 Å². The van der Waals surface area contributed by atoms with Gasteiger partial charge in [0.1, 0.15) is 0 Å². The van der Waals surface area contributed by atoms with Gasteiger partial charge in [0.25, 0.3) is 5.89 Å². The van der Waals surface area contributed by atoms with E-state index in [4.69, 9.17) is 20.9 Å². The van der Waals surface area contributed by atoms with Crippen LogP contribution in [-0.2, 0) is 32.3 Å². The van der Waals surface area contributed by atoms with Gasteiger partial charge in [-0.2, -0.15) is 22.5 Å². The van der Waals surface area contributed by atoms with E-state index in [0.29, 0.717) is 11.9 Å². The molecule has 30 heavy (non-hydrogen) atoms. The van der Waals surface area contributed by atoms with Gasteiger partial charge in [0.15, 0.2) is 12.4 Å². The number of benzene rings is 1. The molecule has 1 saturated heterocycles. The molecular weight excluding hydrogens is 451 g/mol. The Morgan fingerprint density at radius 3 is 2.57 bits per heavy atom. The molecule has 1 aromatic heterocycles. The van der Waals surface area contributed by atoms with E-state index in [1.54, 1.807) is 6.92 Å². The topological polar surface area (TPSA) is 103 Å². The standard InChI is InChI=1S/C17H17ClF3N3O5S/c1-10-22-15(29-23-10)9-28-16(25)11-4-6-24(7-5-11)30(26,27)12-2-3-14(18)13(8-12)17(19,20)21/h2-3,8,11H,4-7,9H2,1H3. The molecule has 0 bridgehead atoms. The number of ether oxygens (including phenoxy) is 1. The van der Waals surface area contributed by atoms with Gasteiger partial charge in [-0.3, -0.25) is 4.79 Å². The van der Waals surface area contributed by atoms with E-state index in [-0.39, 0.29) is 38.4 Å². The van der Waals surface area contributed by atoms with Crippen LogP contribution >= 0.6 is 11.6 Å². The minimum Gasteiger partial charge on any atom is -0.455 e. The van der Waals surface area contributed by atoms with Crippen LogP contribution in [0.5, 0.6) is 0 Å². The second-order valence-electron chi connectivity index (χ2n) is 6.66. The van der Waals surface area contributed by atoms with Crippen molar-refractivity contribution in [1.29, 1.82) is 0 Å². The zero-order chi connectivity index (χ0) is 22.1. The highest BCUT2D eigenvalue weighted by Crippen LogP contribution is 2.36. The molecule has 0 spiro atoms. The highest BCUT2D eigenvalue weighted by atomic mass is 35.5. The number of hydrogen-bond donors (Lipinski definition) is 0. The minimum atomic E-state index is -4.78. The van der Waals surface area contributed by atoms with Gasteiger partial charge in [-0.25, -0.2) is 8.42 Å². The van der Waals surface area contributed by atoms with Gasteiger partial charge in [0.2, 0.25) is 10.0 Å². The Labute approximate surface area is 175 Å². The van der Waals surface area contributed by atoms with Crippen molar-refractivity contribution in [2.75, 3.05) is 13.1 Å². The van der Waals surface area contributed by atoms with Crippen LogP contribution in [0.3, 0.4) is 0 Å². The number of alkyl halides is 3. The Balaban J connectivity index is 1.63. The molecule has 1 aromatic carbocycles. The Morgan fingerprint density at radius 1 is 1.33 bits per heavy atom. The summed E-state index contributed by atoms with van der Waals surface area (Å²) in [4.78, 5) is 15.6. The van der Waals surface area contributed by atoms with Crippen molar-refractivity contribution in [1.82, 2.24) is 14.4 Å². The van der Waals surface area contributed by atoms with E-state index in [0.717, 1.165) is 16.4 Å². The molecule has 0 radical (unpaired) electrons. The lowest BCUT2D eigenvalue weighted by Crippen LogP contribution is -2.40. The van der Waals surface area contributed by atoms with Gasteiger partial charge in [0.05, 0.1) is 21.4 Å². The maximum absolute atomic E-state index is 13.0. The number of hydrogen-bond acceptors (Lipinski definition) is 7. The lowest BCUT2D eigenvalue weighted by atomic mass is 9.98. The van der Waals surface area contributed by atoms with E-state index in [9.17, 15) is 26.4 Å². The normalized spacial score (nSPS) is 16.6. The summed E-state index contributed by atoms with van der Waals surface area (Å²) >= 11 is 5.55. The number of rotatable bonds is 5. The fraction of sp³-hybridized carbons (Fsp3) is 0.471. The molecule has 2 aromatic rings. The number of nitrogens with zero attached hydrogens (tertiary/aromatic N) is 3. The van der Waals surface area contributed by atoms with Crippen molar-refractivity contribution in [3.05, 3.63) is 40.5 Å². The highest BCUT2D eigenvalue weighted by molar-refractivity contribution is 7.89. The van der Waals surface area contributed by atoms with Gasteiger partial charge in [-0.15, -0.1) is 0 Å². The van der Waals surface area contributed by atoms with Crippen molar-refractivity contribution >= 4 is 27.6 Å². The molecule has 0 atom stereocenters. The summed E-state index contributed by atoms with van der Waals surface area (Å²) in [6, 6.07) is 2.45. The fourth-order valence-corrected chi connectivity index (χ4v) is 4.73. The maximum Gasteiger partial charge on any atom is 0.417 e. The van der Waals surface area contributed by atoms with Crippen LogP contribution in [0.15, 0.2) is 27.6 Å². The van der Waals surface area contributed by atoms with Gasteiger partial charge >= 0.3 is 12.1 Å². The lowest BCUT2D eigenvalue weighted by molar-refractivity contribution is -0.152. The zero-order valence-corrected chi connectivity index (χ0v) is 17.2. The molecule has 0 amide bonds. The second-order valence-corrected chi connectivity index (χ2v) is 9.01. The molecule has 1 aliphatic heterocycles. The molecule has 0 N–H and O–H groups in total. The fourth-order valence-electron chi connectivity index (χ4n) is 3.01. The van der Waals surface area contributed by atoms with Gasteiger partial charge in [0, 0.05) is 13.1 Å². The van der Waals surface area contributed by atoms with Crippen molar-refractivity contribution in [2.24, 2.45) is 5.92 Å². The van der Waals surface area contributed by atoms with E-state index >= 15 is 0 Å². The van der Waals surface area contributed by atoms with Gasteiger partial charge < -0.3 is 9.26 Å². The summed E-state index contributed by atoms with van der Waals surface area (Å²) in [6.45, 7) is 1.35. The zero-order valence-electron chi connectivity index (χ0n) is 15.6. The molecule has 0 saturated carbocycles. The van der Waals surface area contributed by atoms with Crippen molar-refractivity contribution in [3.63, 3.8) is 0 Å². The number of halogens is 4. The first-order valence-electron chi connectivity index (χ1n) is 8.81. The van der Waals surface area contributed by atoms with Gasteiger partial charge in [-0.1, -0.05) is 16.8 Å². The molecule has 8 nitrogen and oxygen atoms in total. The van der Waals surface area contributed by atoms with Crippen molar-refractivity contribution in [3.8, 4) is 0 Å². The Bertz CT molecular complexity index is 1030. The third kappa shape index (κ3) is 4.93. The SMILES string of the molecule is Cc1noc(COC(=O)C2CCN(S(=O)(=O)c3ccc(Cl)c(C(F)(F)F)c3)CC2)n1. The summed E-state index contributed by atoms with van der Waals surface area (Å²) < 4.78 is 75.6. The minimum absolute atomic E-state index is 0.0360. The van der Waals surface area contributed by atoms with Crippen LogP contribution in [0, 0.1) is 12.8 Å². The first kappa shape index (κ1) is 22.5. The summed E-state index contributed by atoms with van der Waals surface area (Å²) in [7, 11) is -4.17. The Morgan fingerprint density at radius 2 is 2.00 bits per heavy atom. The number of esters is 1. The van der Waals surface area contributed by atoms with Crippen LogP contribution < -0.4 is 0 Å². The third-order valence-electron chi connectivity index (χ3n) is 4.58. The highest BCUT2D eigenvalue weighted by Gasteiger charge is 2.37. The monoisotopic (exact) mass is 467 g/mol.